The monoisotopic (exact) mass is 552 g/mol. The number of aliphatic carboxylic acids is 1. The van der Waals surface area contributed by atoms with Gasteiger partial charge in [0.2, 0.25) is 15.9 Å². The number of alkyl halides is 3. The zero-order valence-electron chi connectivity index (χ0n) is 21.0. The molecule has 1 unspecified atom stereocenters. The second-order valence-electron chi connectivity index (χ2n) is 8.65. The largest absolute Gasteiger partial charge is 0.497 e. The number of carbonyl (C=O) groups excluding carboxylic acids is 1. The predicted octanol–water partition coefficient (Wildman–Crippen LogP) is 1.63. The molecule has 1 aromatic rings. The van der Waals surface area contributed by atoms with Gasteiger partial charge in [0.25, 0.3) is 0 Å². The number of ether oxygens (including phenoxy) is 1. The first-order valence-electron chi connectivity index (χ1n) is 12.1. The van der Waals surface area contributed by atoms with Crippen molar-refractivity contribution in [3.8, 4) is 5.75 Å². The fourth-order valence-electron chi connectivity index (χ4n) is 4.25. The van der Waals surface area contributed by atoms with Crippen LogP contribution in [0.25, 0.3) is 0 Å². The molecule has 2 saturated heterocycles. The third-order valence-electron chi connectivity index (χ3n) is 6.30. The molecule has 37 heavy (non-hydrogen) atoms. The number of hydrogen-bond acceptors (Lipinski definition) is 7. The Morgan fingerprint density at radius 2 is 1.76 bits per heavy atom. The summed E-state index contributed by atoms with van der Waals surface area (Å²) in [5.74, 6) is -2.12. The van der Waals surface area contributed by atoms with E-state index in [4.69, 9.17) is 14.6 Å². The van der Waals surface area contributed by atoms with Crippen molar-refractivity contribution < 1.29 is 41.0 Å². The number of likely N-dealkylation sites (N-methyl/N-ethyl adjacent to an activating group) is 1. The van der Waals surface area contributed by atoms with Gasteiger partial charge >= 0.3 is 12.1 Å². The van der Waals surface area contributed by atoms with Gasteiger partial charge in [-0.1, -0.05) is 6.92 Å². The first-order chi connectivity index (χ1) is 17.4. The molecular formula is C23H35F3N4O6S. The average molecular weight is 553 g/mol. The SMILES string of the molecule is CCN1CCCC1CN(CCC(=O)N1CCNCC1)S(=O)(=O)c1ccc(OC)cc1.O=C(O)C(F)(F)F. The highest BCUT2D eigenvalue weighted by atomic mass is 32.2. The minimum absolute atomic E-state index is 0.0187. The third kappa shape index (κ3) is 9.13. The highest BCUT2D eigenvalue weighted by molar-refractivity contribution is 7.89. The Balaban J connectivity index is 0.000000604. The number of carbonyl (C=O) groups is 2. The van der Waals surface area contributed by atoms with Gasteiger partial charge in [0.15, 0.2) is 0 Å². The third-order valence-corrected chi connectivity index (χ3v) is 8.18. The molecule has 0 radical (unpaired) electrons. The second kappa shape index (κ2) is 13.9. The number of carboxylic acids is 1. The van der Waals surface area contributed by atoms with E-state index >= 15 is 0 Å². The van der Waals surface area contributed by atoms with E-state index in [1.165, 1.54) is 4.31 Å². The van der Waals surface area contributed by atoms with Crippen molar-refractivity contribution in [1.29, 1.82) is 0 Å². The van der Waals surface area contributed by atoms with Crippen molar-refractivity contribution in [2.75, 3.05) is 59.5 Å². The lowest BCUT2D eigenvalue weighted by Gasteiger charge is -2.31. The molecule has 0 spiro atoms. The summed E-state index contributed by atoms with van der Waals surface area (Å²) in [6, 6.07) is 6.66. The Morgan fingerprint density at radius 3 is 2.27 bits per heavy atom. The zero-order valence-corrected chi connectivity index (χ0v) is 21.9. The number of sulfonamides is 1. The van der Waals surface area contributed by atoms with E-state index in [-0.39, 0.29) is 29.8 Å². The Hall–Kier alpha value is -2.42. The number of likely N-dealkylation sites (tertiary alicyclic amines) is 1. The van der Waals surface area contributed by atoms with Crippen LogP contribution >= 0.6 is 0 Å². The van der Waals surface area contributed by atoms with E-state index in [9.17, 15) is 26.4 Å². The number of piperazine rings is 1. The summed E-state index contributed by atoms with van der Waals surface area (Å²) in [5.41, 5.74) is 0. The Labute approximate surface area is 215 Å². The molecule has 3 rings (SSSR count). The van der Waals surface area contributed by atoms with Crippen molar-refractivity contribution in [3.05, 3.63) is 24.3 Å². The van der Waals surface area contributed by atoms with Crippen LogP contribution in [0.15, 0.2) is 29.2 Å². The van der Waals surface area contributed by atoms with Crippen molar-refractivity contribution in [2.45, 2.75) is 43.3 Å². The molecule has 0 aromatic heterocycles. The molecule has 2 aliphatic rings. The van der Waals surface area contributed by atoms with Crippen molar-refractivity contribution in [3.63, 3.8) is 0 Å². The quantitative estimate of drug-likeness (QED) is 0.475. The standard InChI is InChI=1S/C21H34N4O4S.C2HF3O2/c1-3-23-13-4-5-18(23)17-25(14-10-21(26)24-15-11-22-12-16-24)30(27,28)20-8-6-19(29-2)7-9-20;3-2(4,5)1(6)7/h6-9,18,22H,3-5,10-17H2,1-2H3;(H,6,7). The van der Waals surface area contributed by atoms with Crippen LogP contribution < -0.4 is 10.1 Å². The minimum Gasteiger partial charge on any atom is -0.497 e. The number of nitrogens with one attached hydrogen (secondary N) is 1. The number of hydrogen-bond donors (Lipinski definition) is 2. The van der Waals surface area contributed by atoms with Crippen molar-refractivity contribution in [1.82, 2.24) is 19.4 Å². The van der Waals surface area contributed by atoms with E-state index in [0.29, 0.717) is 25.4 Å². The number of carboxylic acid groups (broad SMARTS) is 1. The minimum atomic E-state index is -5.08. The first-order valence-corrected chi connectivity index (χ1v) is 13.5. The van der Waals surface area contributed by atoms with Gasteiger partial charge in [-0.25, -0.2) is 13.2 Å². The molecule has 2 N–H and O–H groups in total. The average Bonchev–Trinajstić information content (AvgIpc) is 3.33. The number of rotatable bonds is 9. The molecule has 2 fully saturated rings. The smallest absolute Gasteiger partial charge is 0.490 e. The van der Waals surface area contributed by atoms with Gasteiger partial charge < -0.3 is 20.1 Å². The van der Waals surface area contributed by atoms with Gasteiger partial charge in [-0.05, 0) is 50.2 Å². The van der Waals surface area contributed by atoms with Crippen LogP contribution in [0.2, 0.25) is 0 Å². The molecule has 1 atom stereocenters. The molecule has 210 valence electrons. The van der Waals surface area contributed by atoms with E-state index in [1.807, 2.05) is 4.90 Å². The normalized spacial score (nSPS) is 18.9. The maximum absolute atomic E-state index is 13.4. The lowest BCUT2D eigenvalue weighted by Crippen LogP contribution is -2.48. The highest BCUT2D eigenvalue weighted by Gasteiger charge is 2.38. The molecule has 2 heterocycles. The Kier molecular flexibility index (Phi) is 11.6. The molecule has 0 saturated carbocycles. The summed E-state index contributed by atoms with van der Waals surface area (Å²) in [6.45, 7) is 7.54. The molecule has 14 heteroatoms. The number of nitrogens with zero attached hydrogens (tertiary/aromatic N) is 3. The van der Waals surface area contributed by atoms with Gasteiger partial charge in [-0.3, -0.25) is 9.69 Å². The van der Waals surface area contributed by atoms with Crippen LogP contribution in [-0.4, -0.2) is 111 Å². The molecular weight excluding hydrogens is 517 g/mol. The summed E-state index contributed by atoms with van der Waals surface area (Å²) in [7, 11) is -2.15. The van der Waals surface area contributed by atoms with Gasteiger partial charge in [0.1, 0.15) is 5.75 Å². The number of methoxy groups -OCH3 is 1. The van der Waals surface area contributed by atoms with E-state index in [1.54, 1.807) is 31.4 Å². The highest BCUT2D eigenvalue weighted by Crippen LogP contribution is 2.24. The lowest BCUT2D eigenvalue weighted by atomic mass is 10.2. The van der Waals surface area contributed by atoms with Crippen molar-refractivity contribution >= 4 is 21.9 Å². The predicted molar refractivity (Wildman–Crippen MR) is 130 cm³/mol. The lowest BCUT2D eigenvalue weighted by molar-refractivity contribution is -0.192. The maximum atomic E-state index is 13.4. The van der Waals surface area contributed by atoms with Crippen molar-refractivity contribution in [2.24, 2.45) is 0 Å². The number of amides is 1. The van der Waals surface area contributed by atoms with Crippen LogP contribution in [0.5, 0.6) is 5.75 Å². The van der Waals surface area contributed by atoms with Gasteiger partial charge in [0, 0.05) is 51.7 Å². The fourth-order valence-corrected chi connectivity index (χ4v) is 5.73. The molecule has 0 aliphatic carbocycles. The van der Waals surface area contributed by atoms with Gasteiger partial charge in [-0.2, -0.15) is 17.5 Å². The zero-order chi connectivity index (χ0) is 27.6. The summed E-state index contributed by atoms with van der Waals surface area (Å²) >= 11 is 0. The molecule has 0 bridgehead atoms. The summed E-state index contributed by atoms with van der Waals surface area (Å²) in [6.07, 6.45) is -2.82. The maximum Gasteiger partial charge on any atom is 0.490 e. The second-order valence-corrected chi connectivity index (χ2v) is 10.6. The van der Waals surface area contributed by atoms with E-state index in [2.05, 4.69) is 17.1 Å². The van der Waals surface area contributed by atoms with Crippen LogP contribution in [0.4, 0.5) is 13.2 Å². The Morgan fingerprint density at radius 1 is 1.16 bits per heavy atom. The van der Waals surface area contributed by atoms with E-state index < -0.39 is 22.2 Å². The van der Waals surface area contributed by atoms with Gasteiger partial charge in [0.05, 0.1) is 12.0 Å². The van der Waals surface area contributed by atoms with Crippen LogP contribution in [0, 0.1) is 0 Å². The number of halogens is 3. The van der Waals surface area contributed by atoms with Crippen LogP contribution in [0.1, 0.15) is 26.2 Å². The topological polar surface area (TPSA) is 119 Å². The van der Waals surface area contributed by atoms with Crippen LogP contribution in [0.3, 0.4) is 0 Å². The molecule has 1 aromatic carbocycles. The summed E-state index contributed by atoms with van der Waals surface area (Å²) in [4.78, 5) is 25.9. The van der Waals surface area contributed by atoms with Crippen LogP contribution in [-0.2, 0) is 19.6 Å². The first kappa shape index (κ1) is 30.8. The summed E-state index contributed by atoms with van der Waals surface area (Å²) < 4.78 is 65.3. The summed E-state index contributed by atoms with van der Waals surface area (Å²) in [5, 5.41) is 10.4. The van der Waals surface area contributed by atoms with E-state index in [0.717, 1.165) is 39.0 Å². The van der Waals surface area contributed by atoms with Gasteiger partial charge in [-0.15, -0.1) is 0 Å². The molecule has 10 nitrogen and oxygen atoms in total. The molecule has 2 aliphatic heterocycles. The number of benzene rings is 1. The fraction of sp³-hybridized carbons (Fsp3) is 0.652. The molecule has 1 amide bonds. The Bertz CT molecular complexity index is 985.